The minimum absolute atomic E-state index is 0.171. The number of carbonyl (C=O) groups excluding carboxylic acids is 2. The molecule has 1 unspecified atom stereocenters. The van der Waals surface area contributed by atoms with Gasteiger partial charge in [-0.3, -0.25) is 4.79 Å². The van der Waals surface area contributed by atoms with Crippen molar-refractivity contribution in [2.24, 2.45) is 0 Å². The van der Waals surface area contributed by atoms with Crippen LogP contribution in [0.5, 0.6) is 0 Å². The van der Waals surface area contributed by atoms with Crippen LogP contribution >= 0.6 is 11.6 Å². The van der Waals surface area contributed by atoms with Crippen molar-refractivity contribution in [2.75, 3.05) is 5.32 Å². The second-order valence-electron chi connectivity index (χ2n) is 5.39. The number of pyridine rings is 1. The molecule has 1 aromatic carbocycles. The standard InChI is InChI=1S/C18H14ClF3N2O3/c1-11(17(26)24-15-7-6-14(19)10-23-15)27-16(25)8-5-12-3-2-4-13(9-12)18(20,21)22/h2-11H,1H3,(H,23,24,26). The molecule has 9 heteroatoms. The molecular weight excluding hydrogens is 385 g/mol. The number of nitrogens with one attached hydrogen (secondary N) is 1. The van der Waals surface area contributed by atoms with Crippen molar-refractivity contribution in [2.45, 2.75) is 19.2 Å². The van der Waals surface area contributed by atoms with E-state index in [-0.39, 0.29) is 11.4 Å². The van der Waals surface area contributed by atoms with Crippen molar-refractivity contribution < 1.29 is 27.5 Å². The lowest BCUT2D eigenvalue weighted by Gasteiger charge is -2.11. The molecule has 142 valence electrons. The Morgan fingerprint density at radius 3 is 2.63 bits per heavy atom. The molecule has 1 heterocycles. The highest BCUT2D eigenvalue weighted by molar-refractivity contribution is 6.30. The van der Waals surface area contributed by atoms with Crippen LogP contribution in [0.15, 0.2) is 48.7 Å². The van der Waals surface area contributed by atoms with Crippen molar-refractivity contribution in [1.82, 2.24) is 4.98 Å². The third-order valence-corrected chi connectivity index (χ3v) is 3.49. The molecule has 0 saturated carbocycles. The first-order valence-electron chi connectivity index (χ1n) is 7.63. The van der Waals surface area contributed by atoms with Gasteiger partial charge in [0, 0.05) is 12.3 Å². The highest BCUT2D eigenvalue weighted by Crippen LogP contribution is 2.29. The van der Waals surface area contributed by atoms with E-state index in [9.17, 15) is 22.8 Å². The molecule has 0 saturated heterocycles. The predicted octanol–water partition coefficient (Wildman–Crippen LogP) is 4.34. The summed E-state index contributed by atoms with van der Waals surface area (Å²) in [6.07, 6.45) is -2.16. The Morgan fingerprint density at radius 1 is 1.26 bits per heavy atom. The Kier molecular flexibility index (Phi) is 6.57. The van der Waals surface area contributed by atoms with Gasteiger partial charge in [-0.1, -0.05) is 23.7 Å². The van der Waals surface area contributed by atoms with Crippen LogP contribution in [0.2, 0.25) is 5.02 Å². The van der Waals surface area contributed by atoms with Gasteiger partial charge < -0.3 is 10.1 Å². The van der Waals surface area contributed by atoms with Gasteiger partial charge in [0.15, 0.2) is 6.10 Å². The van der Waals surface area contributed by atoms with Gasteiger partial charge in [0.1, 0.15) is 5.82 Å². The van der Waals surface area contributed by atoms with E-state index < -0.39 is 29.7 Å². The molecule has 1 atom stereocenters. The average molecular weight is 399 g/mol. The number of nitrogens with zero attached hydrogens (tertiary/aromatic N) is 1. The number of alkyl halides is 3. The van der Waals surface area contributed by atoms with Crippen LogP contribution < -0.4 is 5.32 Å². The summed E-state index contributed by atoms with van der Waals surface area (Å²) in [7, 11) is 0. The molecule has 2 aromatic rings. The Hall–Kier alpha value is -2.87. The van der Waals surface area contributed by atoms with Crippen LogP contribution in [-0.2, 0) is 20.5 Å². The predicted molar refractivity (Wildman–Crippen MR) is 93.9 cm³/mol. The van der Waals surface area contributed by atoms with Crippen molar-refractivity contribution in [3.63, 3.8) is 0 Å². The summed E-state index contributed by atoms with van der Waals surface area (Å²) in [5.74, 6) is -1.27. The first kappa shape index (κ1) is 20.4. The van der Waals surface area contributed by atoms with Crippen LogP contribution in [0.25, 0.3) is 6.08 Å². The van der Waals surface area contributed by atoms with Crippen LogP contribution in [-0.4, -0.2) is 23.0 Å². The number of rotatable bonds is 5. The molecule has 0 aliphatic rings. The van der Waals surface area contributed by atoms with Gasteiger partial charge in [-0.05, 0) is 42.8 Å². The van der Waals surface area contributed by atoms with E-state index in [0.717, 1.165) is 18.2 Å². The van der Waals surface area contributed by atoms with E-state index in [4.69, 9.17) is 16.3 Å². The van der Waals surface area contributed by atoms with Gasteiger partial charge >= 0.3 is 12.1 Å². The van der Waals surface area contributed by atoms with E-state index in [1.54, 1.807) is 0 Å². The molecule has 1 aromatic heterocycles. The number of carbonyl (C=O) groups is 2. The highest BCUT2D eigenvalue weighted by atomic mass is 35.5. The van der Waals surface area contributed by atoms with E-state index in [1.807, 2.05) is 0 Å². The van der Waals surface area contributed by atoms with Crippen LogP contribution in [0.1, 0.15) is 18.1 Å². The fourth-order valence-corrected chi connectivity index (χ4v) is 2.04. The third kappa shape index (κ3) is 6.41. The zero-order chi connectivity index (χ0) is 20.0. The van der Waals surface area contributed by atoms with Gasteiger partial charge in [0.05, 0.1) is 10.6 Å². The van der Waals surface area contributed by atoms with E-state index in [0.29, 0.717) is 5.02 Å². The second-order valence-corrected chi connectivity index (χ2v) is 5.82. The number of amides is 1. The minimum atomic E-state index is -4.48. The normalized spacial score (nSPS) is 12.6. The molecule has 1 N–H and O–H groups in total. The van der Waals surface area contributed by atoms with Crippen LogP contribution in [0.4, 0.5) is 19.0 Å². The van der Waals surface area contributed by atoms with E-state index in [1.165, 1.54) is 43.5 Å². The maximum Gasteiger partial charge on any atom is 0.416 e. The number of hydrogen-bond acceptors (Lipinski definition) is 4. The summed E-state index contributed by atoms with van der Waals surface area (Å²) in [6, 6.07) is 7.45. The molecule has 0 fully saturated rings. The summed E-state index contributed by atoms with van der Waals surface area (Å²) >= 11 is 5.69. The number of aromatic nitrogens is 1. The number of benzene rings is 1. The molecule has 5 nitrogen and oxygen atoms in total. The first-order chi connectivity index (χ1) is 12.6. The minimum Gasteiger partial charge on any atom is -0.449 e. The highest BCUT2D eigenvalue weighted by Gasteiger charge is 2.30. The van der Waals surface area contributed by atoms with Gasteiger partial charge in [-0.2, -0.15) is 13.2 Å². The topological polar surface area (TPSA) is 68.3 Å². The second kappa shape index (κ2) is 8.68. The van der Waals surface area contributed by atoms with Crippen LogP contribution in [0.3, 0.4) is 0 Å². The zero-order valence-corrected chi connectivity index (χ0v) is 14.7. The monoisotopic (exact) mass is 398 g/mol. The Bertz CT molecular complexity index is 852. The third-order valence-electron chi connectivity index (χ3n) is 3.27. The molecule has 0 aliphatic carbocycles. The van der Waals surface area contributed by atoms with Crippen LogP contribution in [0, 0.1) is 0 Å². The summed E-state index contributed by atoms with van der Waals surface area (Å²) in [5.41, 5.74) is -0.662. The SMILES string of the molecule is CC(OC(=O)C=Cc1cccc(C(F)(F)F)c1)C(=O)Nc1ccc(Cl)cn1. The number of halogens is 4. The largest absolute Gasteiger partial charge is 0.449 e. The fourth-order valence-electron chi connectivity index (χ4n) is 1.93. The average Bonchev–Trinajstić information content (AvgIpc) is 2.61. The Labute approximate surface area is 157 Å². The van der Waals surface area contributed by atoms with Crippen molar-refractivity contribution >= 4 is 35.4 Å². The maximum absolute atomic E-state index is 12.7. The summed E-state index contributed by atoms with van der Waals surface area (Å²) in [4.78, 5) is 27.6. The van der Waals surface area contributed by atoms with Gasteiger partial charge in [-0.25, -0.2) is 9.78 Å². The van der Waals surface area contributed by atoms with Crippen molar-refractivity contribution in [1.29, 1.82) is 0 Å². The summed E-state index contributed by atoms with van der Waals surface area (Å²) < 4.78 is 42.9. The number of hydrogen-bond donors (Lipinski definition) is 1. The quantitative estimate of drug-likeness (QED) is 0.601. The maximum atomic E-state index is 12.7. The van der Waals surface area contributed by atoms with Crippen molar-refractivity contribution in [3.8, 4) is 0 Å². The molecule has 27 heavy (non-hydrogen) atoms. The Morgan fingerprint density at radius 2 is 2.00 bits per heavy atom. The molecule has 0 spiro atoms. The number of esters is 1. The van der Waals surface area contributed by atoms with E-state index >= 15 is 0 Å². The summed E-state index contributed by atoms with van der Waals surface area (Å²) in [6.45, 7) is 1.35. The Balaban J connectivity index is 1.93. The number of anilines is 1. The van der Waals surface area contributed by atoms with Gasteiger partial charge in [-0.15, -0.1) is 0 Å². The van der Waals surface area contributed by atoms with Gasteiger partial charge in [0.2, 0.25) is 0 Å². The fraction of sp³-hybridized carbons (Fsp3) is 0.167. The van der Waals surface area contributed by atoms with Gasteiger partial charge in [0.25, 0.3) is 5.91 Å². The molecule has 1 amide bonds. The zero-order valence-electron chi connectivity index (χ0n) is 14.0. The molecule has 2 rings (SSSR count). The first-order valence-corrected chi connectivity index (χ1v) is 8.01. The lowest BCUT2D eigenvalue weighted by atomic mass is 10.1. The van der Waals surface area contributed by atoms with Crippen molar-refractivity contribution in [3.05, 3.63) is 64.8 Å². The smallest absolute Gasteiger partial charge is 0.416 e. The summed E-state index contributed by atoms with van der Waals surface area (Å²) in [5, 5.41) is 2.83. The number of ether oxygens (including phenoxy) is 1. The molecule has 0 bridgehead atoms. The lowest BCUT2D eigenvalue weighted by molar-refractivity contribution is -0.148. The molecular formula is C18H14ClF3N2O3. The molecule has 0 aliphatic heterocycles. The van der Waals surface area contributed by atoms with E-state index in [2.05, 4.69) is 10.3 Å². The molecule has 0 radical (unpaired) electrons. The lowest BCUT2D eigenvalue weighted by Crippen LogP contribution is -2.29.